The van der Waals surface area contributed by atoms with Crippen LogP contribution in [-0.4, -0.2) is 48.8 Å². The minimum Gasteiger partial charge on any atom is -0.394 e. The molecule has 4 nitrogen and oxygen atoms in total. The van der Waals surface area contributed by atoms with Gasteiger partial charge in [-0.25, -0.2) is 0 Å². The molecule has 140 valence electrons. The summed E-state index contributed by atoms with van der Waals surface area (Å²) in [5, 5.41) is 17.7. The van der Waals surface area contributed by atoms with E-state index in [1.165, 1.54) is 12.8 Å². The molecule has 4 heteroatoms. The monoisotopic (exact) mass is 340 g/mol. The molecule has 0 fully saturated rings. The molecule has 0 amide bonds. The van der Waals surface area contributed by atoms with Crippen molar-refractivity contribution in [2.75, 3.05) is 26.4 Å². The number of ether oxygens (including phenoxy) is 2. The molecule has 2 atom stereocenters. The van der Waals surface area contributed by atoms with Crippen molar-refractivity contribution in [3.8, 4) is 0 Å². The molecule has 2 aliphatic rings. The molecule has 0 bridgehead atoms. The number of hydrogen-bond acceptors (Lipinski definition) is 4. The van der Waals surface area contributed by atoms with Gasteiger partial charge in [-0.1, -0.05) is 24.3 Å². The fourth-order valence-corrected chi connectivity index (χ4v) is 2.87. The summed E-state index contributed by atoms with van der Waals surface area (Å²) < 4.78 is 10.9. The first kappa shape index (κ1) is 21.4. The lowest BCUT2D eigenvalue weighted by Gasteiger charge is -2.18. The van der Waals surface area contributed by atoms with E-state index < -0.39 is 0 Å². The van der Waals surface area contributed by atoms with E-state index in [9.17, 15) is 5.11 Å². The summed E-state index contributed by atoms with van der Waals surface area (Å²) in [5.74, 6) is 0. The van der Waals surface area contributed by atoms with E-state index in [1.54, 1.807) is 0 Å². The molecule has 24 heavy (non-hydrogen) atoms. The maximum Gasteiger partial charge on any atom is 0.0704 e. The Labute approximate surface area is 147 Å². The molecule has 2 rings (SSSR count). The van der Waals surface area contributed by atoms with Crippen LogP contribution in [0.25, 0.3) is 0 Å². The highest BCUT2D eigenvalue weighted by Gasteiger charge is 2.09. The van der Waals surface area contributed by atoms with Gasteiger partial charge in [0.15, 0.2) is 0 Å². The van der Waals surface area contributed by atoms with Gasteiger partial charge in [0.25, 0.3) is 0 Å². The van der Waals surface area contributed by atoms with E-state index >= 15 is 0 Å². The molecular formula is C20H36O4. The van der Waals surface area contributed by atoms with Crippen LogP contribution in [0.5, 0.6) is 0 Å². The summed E-state index contributed by atoms with van der Waals surface area (Å²) in [6.07, 6.45) is 20.4. The van der Waals surface area contributed by atoms with E-state index in [2.05, 4.69) is 24.3 Å². The van der Waals surface area contributed by atoms with Crippen molar-refractivity contribution in [2.45, 2.75) is 76.4 Å². The second kappa shape index (κ2) is 15.8. The first-order chi connectivity index (χ1) is 11.8. The lowest BCUT2D eigenvalue weighted by atomic mass is 10.0. The second-order valence-electron chi connectivity index (χ2n) is 6.44. The molecule has 0 aromatic carbocycles. The molecular weight excluding hydrogens is 304 g/mol. The number of aliphatic hydroxyl groups excluding tert-OH is 2. The Balaban J connectivity index is 0.000000272. The van der Waals surface area contributed by atoms with E-state index in [4.69, 9.17) is 14.6 Å². The van der Waals surface area contributed by atoms with Crippen molar-refractivity contribution in [3.63, 3.8) is 0 Å². The highest BCUT2D eigenvalue weighted by molar-refractivity contribution is 4.85. The Morgan fingerprint density at radius 2 is 1.42 bits per heavy atom. The second-order valence-corrected chi connectivity index (χ2v) is 6.44. The lowest BCUT2D eigenvalue weighted by Crippen LogP contribution is -2.17. The fraction of sp³-hybridized carbons (Fsp3) is 0.800. The maximum atomic E-state index is 9.18. The largest absolute Gasteiger partial charge is 0.394 e. The van der Waals surface area contributed by atoms with Gasteiger partial charge in [-0.15, -0.1) is 0 Å². The Kier molecular flexibility index (Phi) is 14.1. The highest BCUT2D eigenvalue weighted by Crippen LogP contribution is 2.15. The topological polar surface area (TPSA) is 58.9 Å². The summed E-state index contributed by atoms with van der Waals surface area (Å²) in [6, 6.07) is 0. The Hall–Kier alpha value is -0.680. The van der Waals surface area contributed by atoms with Gasteiger partial charge in [0.1, 0.15) is 0 Å². The highest BCUT2D eigenvalue weighted by atomic mass is 16.5. The molecule has 0 aliphatic heterocycles. The van der Waals surface area contributed by atoms with Crippen molar-refractivity contribution in [1.82, 2.24) is 0 Å². The van der Waals surface area contributed by atoms with Gasteiger partial charge in [0.2, 0.25) is 0 Å². The van der Waals surface area contributed by atoms with Crippen LogP contribution in [-0.2, 0) is 9.47 Å². The van der Waals surface area contributed by atoms with Crippen LogP contribution >= 0.6 is 0 Å². The molecule has 2 N–H and O–H groups in total. The van der Waals surface area contributed by atoms with Crippen molar-refractivity contribution in [3.05, 3.63) is 24.3 Å². The quantitative estimate of drug-likeness (QED) is 0.571. The molecule has 0 aromatic rings. The maximum absolute atomic E-state index is 9.18. The zero-order valence-corrected chi connectivity index (χ0v) is 15.1. The fourth-order valence-electron chi connectivity index (χ4n) is 2.87. The molecule has 0 saturated heterocycles. The number of aliphatic hydroxyl groups is 2. The molecule has 2 aliphatic carbocycles. The van der Waals surface area contributed by atoms with Gasteiger partial charge in [-0.2, -0.15) is 0 Å². The third-order valence-electron chi connectivity index (χ3n) is 4.28. The first-order valence-electron chi connectivity index (χ1n) is 9.61. The molecule has 0 spiro atoms. The number of hydrogen-bond donors (Lipinski definition) is 2. The lowest BCUT2D eigenvalue weighted by molar-refractivity contribution is -0.00885. The Bertz CT molecular complexity index is 328. The average Bonchev–Trinajstić information content (AvgIpc) is 2.53. The van der Waals surface area contributed by atoms with E-state index in [-0.39, 0.29) is 12.7 Å². The number of rotatable bonds is 6. The first-order valence-corrected chi connectivity index (χ1v) is 9.61. The third kappa shape index (κ3) is 12.7. The van der Waals surface area contributed by atoms with Crippen molar-refractivity contribution in [1.29, 1.82) is 0 Å². The standard InChI is InChI=1S/C12H22O3.C8H14O/c13-8-9-14-10-11-15-12-6-4-2-1-3-5-7-12;9-8-6-4-2-1-3-5-7-8/h1-2,12-13H,3-11H2;1-2,8-9H,3-7H2/b2*2-1-. The summed E-state index contributed by atoms with van der Waals surface area (Å²) >= 11 is 0. The van der Waals surface area contributed by atoms with Crippen LogP contribution in [0, 0.1) is 0 Å². The van der Waals surface area contributed by atoms with Crippen LogP contribution in [0.15, 0.2) is 24.3 Å². The molecule has 0 aromatic heterocycles. The van der Waals surface area contributed by atoms with Gasteiger partial charge < -0.3 is 19.7 Å². The molecule has 0 saturated carbocycles. The van der Waals surface area contributed by atoms with Crippen molar-refractivity contribution >= 4 is 0 Å². The normalized spacial score (nSPS) is 27.6. The van der Waals surface area contributed by atoms with Gasteiger partial charge in [0.05, 0.1) is 38.6 Å². The zero-order chi connectivity index (χ0) is 17.3. The molecule has 2 unspecified atom stereocenters. The summed E-state index contributed by atoms with van der Waals surface area (Å²) in [7, 11) is 0. The van der Waals surface area contributed by atoms with Crippen LogP contribution in [0.1, 0.15) is 64.2 Å². The molecule has 0 heterocycles. The minimum absolute atomic E-state index is 0.0325. The van der Waals surface area contributed by atoms with Gasteiger partial charge >= 0.3 is 0 Å². The van der Waals surface area contributed by atoms with E-state index in [0.29, 0.717) is 25.9 Å². The van der Waals surface area contributed by atoms with Crippen molar-refractivity contribution in [2.24, 2.45) is 0 Å². The Morgan fingerprint density at radius 1 is 0.750 bits per heavy atom. The van der Waals surface area contributed by atoms with Crippen LogP contribution in [0.2, 0.25) is 0 Å². The molecule has 0 radical (unpaired) electrons. The third-order valence-corrected chi connectivity index (χ3v) is 4.28. The van der Waals surface area contributed by atoms with Crippen LogP contribution < -0.4 is 0 Å². The number of allylic oxidation sites excluding steroid dienone is 4. The Morgan fingerprint density at radius 3 is 2.17 bits per heavy atom. The zero-order valence-electron chi connectivity index (χ0n) is 15.1. The van der Waals surface area contributed by atoms with Gasteiger partial charge in [-0.05, 0) is 64.2 Å². The van der Waals surface area contributed by atoms with E-state index in [0.717, 1.165) is 51.4 Å². The predicted molar refractivity (Wildman–Crippen MR) is 98.1 cm³/mol. The average molecular weight is 341 g/mol. The van der Waals surface area contributed by atoms with Crippen LogP contribution in [0.4, 0.5) is 0 Å². The predicted octanol–water partition coefficient (Wildman–Crippen LogP) is 3.77. The summed E-state index contributed by atoms with van der Waals surface area (Å²) in [4.78, 5) is 0. The SMILES string of the molecule is OC1CC/C=C\CCC1.OCCOCCOC1CC/C=C\CCC1. The summed E-state index contributed by atoms with van der Waals surface area (Å²) in [5.41, 5.74) is 0. The van der Waals surface area contributed by atoms with Gasteiger partial charge in [0, 0.05) is 0 Å². The smallest absolute Gasteiger partial charge is 0.0704 e. The van der Waals surface area contributed by atoms with Gasteiger partial charge in [-0.3, -0.25) is 0 Å². The minimum atomic E-state index is -0.0325. The van der Waals surface area contributed by atoms with E-state index in [1.807, 2.05) is 0 Å². The summed E-state index contributed by atoms with van der Waals surface area (Å²) in [6.45, 7) is 1.74. The van der Waals surface area contributed by atoms with Crippen molar-refractivity contribution < 1.29 is 19.7 Å². The van der Waals surface area contributed by atoms with Crippen LogP contribution in [0.3, 0.4) is 0 Å².